The lowest BCUT2D eigenvalue weighted by Gasteiger charge is -2.02. The van der Waals surface area contributed by atoms with Gasteiger partial charge in [-0.05, 0) is 55.1 Å². The molecule has 0 aliphatic carbocycles. The molecule has 0 N–H and O–H groups in total. The van der Waals surface area contributed by atoms with Crippen LogP contribution in [0.4, 0.5) is 0 Å². The highest BCUT2D eigenvalue weighted by Crippen LogP contribution is 2.23. The number of amides is 1. The molecule has 4 nitrogen and oxygen atoms in total. The van der Waals surface area contributed by atoms with E-state index in [0.717, 1.165) is 26.6 Å². The molecule has 3 aromatic rings. The molecule has 0 fully saturated rings. The topological polar surface area (TPSA) is 43.6 Å². The Kier molecular flexibility index (Phi) is 5.60. The summed E-state index contributed by atoms with van der Waals surface area (Å²) in [6.45, 7) is 4.70. The third-order valence-corrected chi connectivity index (χ3v) is 5.69. The Morgan fingerprint density at radius 3 is 2.64 bits per heavy atom. The zero-order valence-electron chi connectivity index (χ0n) is 14.5. The van der Waals surface area contributed by atoms with Crippen LogP contribution in [-0.2, 0) is 7.05 Å². The van der Waals surface area contributed by atoms with Crippen molar-refractivity contribution in [3.05, 3.63) is 52.8 Å². The monoisotopic (exact) mass is 372 g/mol. The van der Waals surface area contributed by atoms with Gasteiger partial charge in [0, 0.05) is 17.5 Å². The van der Waals surface area contributed by atoms with Crippen molar-refractivity contribution in [3.8, 4) is 5.75 Å². The van der Waals surface area contributed by atoms with Gasteiger partial charge in [-0.3, -0.25) is 4.79 Å². The number of aromatic nitrogens is 1. The van der Waals surface area contributed by atoms with Crippen LogP contribution in [0.5, 0.6) is 5.75 Å². The van der Waals surface area contributed by atoms with Crippen molar-refractivity contribution in [2.24, 2.45) is 12.0 Å². The van der Waals surface area contributed by atoms with E-state index in [9.17, 15) is 4.79 Å². The summed E-state index contributed by atoms with van der Waals surface area (Å²) in [6.07, 6.45) is 0. The summed E-state index contributed by atoms with van der Waals surface area (Å²) >= 11 is 3.24. The fourth-order valence-electron chi connectivity index (χ4n) is 2.49. The highest BCUT2D eigenvalue weighted by Gasteiger charge is 2.08. The Hall–Kier alpha value is -2.05. The van der Waals surface area contributed by atoms with E-state index >= 15 is 0 Å². The van der Waals surface area contributed by atoms with Crippen molar-refractivity contribution in [2.45, 2.75) is 18.7 Å². The first-order valence-electron chi connectivity index (χ1n) is 8.16. The predicted molar refractivity (Wildman–Crippen MR) is 105 cm³/mol. The lowest BCUT2D eigenvalue weighted by atomic mass is 10.2. The minimum absolute atomic E-state index is 0.222. The smallest absolute Gasteiger partial charge is 0.279 e. The van der Waals surface area contributed by atoms with Gasteiger partial charge in [0.2, 0.25) is 0 Å². The van der Waals surface area contributed by atoms with Crippen molar-refractivity contribution < 1.29 is 9.53 Å². The summed E-state index contributed by atoms with van der Waals surface area (Å²) in [7, 11) is 1.92. The number of carbonyl (C=O) groups is 1. The molecule has 0 saturated carbocycles. The minimum Gasteiger partial charge on any atom is -0.494 e. The first-order valence-corrected chi connectivity index (χ1v) is 9.97. The van der Waals surface area contributed by atoms with Gasteiger partial charge in [-0.2, -0.15) is 4.99 Å². The van der Waals surface area contributed by atoms with Gasteiger partial charge in [-0.15, -0.1) is 11.8 Å². The molecule has 0 radical (unpaired) electrons. The van der Waals surface area contributed by atoms with Gasteiger partial charge >= 0.3 is 0 Å². The van der Waals surface area contributed by atoms with E-state index < -0.39 is 0 Å². The average Bonchev–Trinajstić information content (AvgIpc) is 2.91. The fourth-order valence-corrected chi connectivity index (χ4v) is 4.20. The summed E-state index contributed by atoms with van der Waals surface area (Å²) in [5.41, 5.74) is 1.64. The summed E-state index contributed by atoms with van der Waals surface area (Å²) < 4.78 is 8.53. The van der Waals surface area contributed by atoms with Gasteiger partial charge in [-0.1, -0.05) is 18.3 Å². The van der Waals surface area contributed by atoms with E-state index in [2.05, 4.69) is 11.9 Å². The zero-order chi connectivity index (χ0) is 17.8. The number of hydrogen-bond donors (Lipinski definition) is 0. The Bertz CT molecular complexity index is 956. The van der Waals surface area contributed by atoms with Gasteiger partial charge in [0.15, 0.2) is 4.80 Å². The molecule has 0 atom stereocenters. The molecule has 0 spiro atoms. The van der Waals surface area contributed by atoms with Crippen LogP contribution >= 0.6 is 23.1 Å². The normalized spacial score (nSPS) is 11.9. The molecule has 1 heterocycles. The van der Waals surface area contributed by atoms with Crippen molar-refractivity contribution in [1.29, 1.82) is 0 Å². The standard InChI is InChI=1S/C19H20N2O2S2/c1-4-23-14-8-11-16-17(12-14)25-19(21(16)3)20-18(22)13-6-9-15(10-7-13)24-5-2/h6-12H,4-5H2,1-3H3. The van der Waals surface area contributed by atoms with Crippen molar-refractivity contribution in [3.63, 3.8) is 0 Å². The highest BCUT2D eigenvalue weighted by atomic mass is 32.2. The molecule has 2 aromatic carbocycles. The third kappa shape index (κ3) is 3.96. The second-order valence-electron chi connectivity index (χ2n) is 5.38. The van der Waals surface area contributed by atoms with Gasteiger partial charge in [0.05, 0.1) is 16.8 Å². The van der Waals surface area contributed by atoms with Crippen molar-refractivity contribution in [1.82, 2.24) is 4.57 Å². The first kappa shape index (κ1) is 17.8. The Balaban J connectivity index is 1.94. The van der Waals surface area contributed by atoms with Crippen molar-refractivity contribution >= 4 is 39.2 Å². The molecule has 0 saturated heterocycles. The van der Waals surface area contributed by atoms with Crippen molar-refractivity contribution in [2.75, 3.05) is 12.4 Å². The number of thiazole rings is 1. The maximum Gasteiger partial charge on any atom is 0.279 e. The van der Waals surface area contributed by atoms with E-state index in [1.807, 2.05) is 61.0 Å². The molecule has 0 aliphatic rings. The van der Waals surface area contributed by atoms with Gasteiger partial charge in [-0.25, -0.2) is 0 Å². The lowest BCUT2D eigenvalue weighted by molar-refractivity contribution is 0.0998. The van der Waals surface area contributed by atoms with E-state index in [-0.39, 0.29) is 5.91 Å². The molecule has 6 heteroatoms. The van der Waals surface area contributed by atoms with Gasteiger partial charge in [0.25, 0.3) is 5.91 Å². The van der Waals surface area contributed by atoms with Crippen LogP contribution in [-0.4, -0.2) is 22.8 Å². The number of ether oxygens (including phenoxy) is 1. The number of carbonyl (C=O) groups excluding carboxylic acids is 1. The van der Waals surface area contributed by atoms with E-state index in [1.165, 1.54) is 11.3 Å². The van der Waals surface area contributed by atoms with Crippen LogP contribution in [0.2, 0.25) is 0 Å². The summed E-state index contributed by atoms with van der Waals surface area (Å²) in [5.74, 6) is 1.62. The predicted octanol–water partition coefficient (Wildman–Crippen LogP) is 4.49. The van der Waals surface area contributed by atoms with Crippen LogP contribution < -0.4 is 9.54 Å². The molecule has 1 amide bonds. The SMILES string of the molecule is CCOc1ccc2c(c1)sc(=NC(=O)c1ccc(SCC)cc1)n2C. The van der Waals surface area contributed by atoms with Crippen LogP contribution in [0.25, 0.3) is 10.2 Å². The maximum absolute atomic E-state index is 12.5. The minimum atomic E-state index is -0.222. The number of benzene rings is 2. The molecule has 0 aliphatic heterocycles. The molecule has 1 aromatic heterocycles. The van der Waals surface area contributed by atoms with E-state index in [0.29, 0.717) is 17.0 Å². The number of fused-ring (bicyclic) bond motifs is 1. The molecular weight excluding hydrogens is 352 g/mol. The largest absolute Gasteiger partial charge is 0.494 e. The lowest BCUT2D eigenvalue weighted by Crippen LogP contribution is -2.13. The number of nitrogens with zero attached hydrogens (tertiary/aromatic N) is 2. The molecule has 0 bridgehead atoms. The molecule has 3 rings (SSSR count). The second-order valence-corrected chi connectivity index (χ2v) is 7.73. The zero-order valence-corrected chi connectivity index (χ0v) is 16.1. The van der Waals surface area contributed by atoms with Crippen LogP contribution in [0.1, 0.15) is 24.2 Å². The summed E-state index contributed by atoms with van der Waals surface area (Å²) in [5, 5.41) is 0. The third-order valence-electron chi connectivity index (χ3n) is 3.70. The first-order chi connectivity index (χ1) is 12.1. The van der Waals surface area contributed by atoms with E-state index in [1.54, 1.807) is 11.8 Å². The molecule has 0 unspecified atom stereocenters. The summed E-state index contributed by atoms with van der Waals surface area (Å²) in [4.78, 5) is 18.6. The Morgan fingerprint density at radius 2 is 1.96 bits per heavy atom. The van der Waals surface area contributed by atoms with Gasteiger partial charge < -0.3 is 9.30 Å². The fraction of sp³-hybridized carbons (Fsp3) is 0.263. The Morgan fingerprint density at radius 1 is 1.20 bits per heavy atom. The molecule has 130 valence electrons. The van der Waals surface area contributed by atoms with Crippen LogP contribution in [0.15, 0.2) is 52.4 Å². The summed E-state index contributed by atoms with van der Waals surface area (Å²) in [6, 6.07) is 13.5. The van der Waals surface area contributed by atoms with Crippen LogP contribution in [0.3, 0.4) is 0 Å². The van der Waals surface area contributed by atoms with E-state index in [4.69, 9.17) is 4.74 Å². The second kappa shape index (κ2) is 7.89. The Labute approximate surface area is 155 Å². The highest BCUT2D eigenvalue weighted by molar-refractivity contribution is 7.99. The van der Waals surface area contributed by atoms with Gasteiger partial charge in [0.1, 0.15) is 5.75 Å². The number of rotatable bonds is 5. The quantitative estimate of drug-likeness (QED) is 0.620. The molecule has 25 heavy (non-hydrogen) atoms. The van der Waals surface area contributed by atoms with Crippen LogP contribution in [0, 0.1) is 0 Å². The number of aryl methyl sites for hydroxylation is 1. The number of thioether (sulfide) groups is 1. The maximum atomic E-state index is 12.5. The number of hydrogen-bond acceptors (Lipinski definition) is 4. The molecular formula is C19H20N2O2S2. The average molecular weight is 373 g/mol.